The number of halogens is 1. The van der Waals surface area contributed by atoms with Gasteiger partial charge in [-0.15, -0.1) is 0 Å². The number of hydrogen-bond donors (Lipinski definition) is 0. The third kappa shape index (κ3) is 5.30. The van der Waals surface area contributed by atoms with Crippen LogP contribution in [0.4, 0.5) is 4.39 Å². The third-order valence-electron chi connectivity index (χ3n) is 3.92. The Bertz CT molecular complexity index is 552. The van der Waals surface area contributed by atoms with Crippen LogP contribution >= 0.6 is 0 Å². The molecule has 5 nitrogen and oxygen atoms in total. The molecule has 0 radical (unpaired) electrons. The van der Waals surface area contributed by atoms with Gasteiger partial charge in [0.25, 0.3) is 5.91 Å². The summed E-state index contributed by atoms with van der Waals surface area (Å²) in [4.78, 5) is 27.9. The molecule has 132 valence electrons. The van der Waals surface area contributed by atoms with Gasteiger partial charge < -0.3 is 14.5 Å². The summed E-state index contributed by atoms with van der Waals surface area (Å²) in [6.45, 7) is 7.27. The maximum Gasteiger partial charge on any atom is 0.253 e. The summed E-state index contributed by atoms with van der Waals surface area (Å²) in [6.07, 6.45) is 0.374. The summed E-state index contributed by atoms with van der Waals surface area (Å²) >= 11 is 0. The lowest BCUT2D eigenvalue weighted by Crippen LogP contribution is -2.50. The van der Waals surface area contributed by atoms with E-state index >= 15 is 0 Å². The second-order valence-corrected chi connectivity index (χ2v) is 6.40. The zero-order valence-electron chi connectivity index (χ0n) is 14.3. The van der Waals surface area contributed by atoms with Crippen LogP contribution in [0, 0.1) is 11.7 Å². The molecule has 1 heterocycles. The molecule has 0 aliphatic carbocycles. The molecular formula is C18H25FN2O3. The molecule has 0 atom stereocenters. The van der Waals surface area contributed by atoms with Gasteiger partial charge in [0, 0.05) is 38.3 Å². The van der Waals surface area contributed by atoms with E-state index in [2.05, 4.69) is 13.8 Å². The Labute approximate surface area is 142 Å². The average Bonchev–Trinajstić information content (AvgIpc) is 2.58. The Morgan fingerprint density at radius 1 is 1.08 bits per heavy atom. The van der Waals surface area contributed by atoms with E-state index in [9.17, 15) is 14.0 Å². The van der Waals surface area contributed by atoms with Crippen LogP contribution in [0.5, 0.6) is 0 Å². The number of rotatable bonds is 6. The number of ether oxygens (including phenoxy) is 1. The molecule has 1 fully saturated rings. The number of piperazine rings is 1. The topological polar surface area (TPSA) is 49.9 Å². The molecule has 2 amide bonds. The quantitative estimate of drug-likeness (QED) is 0.748. The molecule has 0 aromatic heterocycles. The van der Waals surface area contributed by atoms with Crippen molar-refractivity contribution in [3.05, 3.63) is 35.6 Å². The Kier molecular flexibility index (Phi) is 6.73. The maximum atomic E-state index is 12.9. The Morgan fingerprint density at radius 3 is 2.25 bits per heavy atom. The molecule has 0 bridgehead atoms. The predicted octanol–water partition coefficient (Wildman–Crippen LogP) is 2.17. The van der Waals surface area contributed by atoms with Crippen molar-refractivity contribution in [3.8, 4) is 0 Å². The van der Waals surface area contributed by atoms with E-state index in [1.165, 1.54) is 24.3 Å². The molecule has 1 aromatic rings. The highest BCUT2D eigenvalue weighted by Gasteiger charge is 2.24. The van der Waals surface area contributed by atoms with Gasteiger partial charge in [-0.25, -0.2) is 4.39 Å². The van der Waals surface area contributed by atoms with Gasteiger partial charge in [-0.3, -0.25) is 9.59 Å². The molecule has 0 N–H and O–H groups in total. The molecule has 1 aromatic carbocycles. The van der Waals surface area contributed by atoms with E-state index in [1.54, 1.807) is 9.80 Å². The highest BCUT2D eigenvalue weighted by atomic mass is 19.1. The predicted molar refractivity (Wildman–Crippen MR) is 89.2 cm³/mol. The minimum Gasteiger partial charge on any atom is -0.381 e. The molecule has 0 unspecified atom stereocenters. The van der Waals surface area contributed by atoms with E-state index in [0.717, 1.165) is 0 Å². The van der Waals surface area contributed by atoms with Gasteiger partial charge in [-0.2, -0.15) is 0 Å². The van der Waals surface area contributed by atoms with Gasteiger partial charge in [-0.05, 0) is 30.2 Å². The molecule has 1 saturated heterocycles. The summed E-state index contributed by atoms with van der Waals surface area (Å²) in [5.41, 5.74) is 0.471. The second-order valence-electron chi connectivity index (χ2n) is 6.40. The summed E-state index contributed by atoms with van der Waals surface area (Å²) in [5.74, 6) is 0.0396. The van der Waals surface area contributed by atoms with Crippen LogP contribution in [-0.2, 0) is 9.53 Å². The summed E-state index contributed by atoms with van der Waals surface area (Å²) < 4.78 is 18.4. The van der Waals surface area contributed by atoms with Crippen molar-refractivity contribution < 1.29 is 18.7 Å². The van der Waals surface area contributed by atoms with Crippen LogP contribution in [0.1, 0.15) is 30.6 Å². The first-order valence-electron chi connectivity index (χ1n) is 8.37. The smallest absolute Gasteiger partial charge is 0.253 e. The molecular weight excluding hydrogens is 311 g/mol. The van der Waals surface area contributed by atoms with Gasteiger partial charge >= 0.3 is 0 Å². The first-order valence-corrected chi connectivity index (χ1v) is 8.37. The Hall–Kier alpha value is -1.95. The minimum absolute atomic E-state index is 0.0626. The van der Waals surface area contributed by atoms with Crippen LogP contribution in [0.3, 0.4) is 0 Å². The SMILES string of the molecule is CC(C)COCCC(=O)N1CCN(C(=O)c2ccc(F)cc2)CC1. The Balaban J connectivity index is 1.75. The zero-order valence-corrected chi connectivity index (χ0v) is 14.3. The molecule has 24 heavy (non-hydrogen) atoms. The van der Waals surface area contributed by atoms with Crippen molar-refractivity contribution in [3.63, 3.8) is 0 Å². The highest BCUT2D eigenvalue weighted by molar-refractivity contribution is 5.94. The highest BCUT2D eigenvalue weighted by Crippen LogP contribution is 2.11. The zero-order chi connectivity index (χ0) is 17.5. The third-order valence-corrected chi connectivity index (χ3v) is 3.92. The van der Waals surface area contributed by atoms with Crippen molar-refractivity contribution in [1.82, 2.24) is 9.80 Å². The fourth-order valence-electron chi connectivity index (χ4n) is 2.57. The van der Waals surface area contributed by atoms with Crippen LogP contribution in [-0.4, -0.2) is 61.0 Å². The molecule has 6 heteroatoms. The molecule has 1 aliphatic rings. The van der Waals surface area contributed by atoms with Crippen molar-refractivity contribution >= 4 is 11.8 Å². The molecule has 1 aliphatic heterocycles. The Morgan fingerprint density at radius 2 is 1.67 bits per heavy atom. The number of nitrogens with zero attached hydrogens (tertiary/aromatic N) is 2. The standard InChI is InChI=1S/C18H25FN2O3/c1-14(2)13-24-12-7-17(22)20-8-10-21(11-9-20)18(23)15-3-5-16(19)6-4-15/h3-6,14H,7-13H2,1-2H3. The first kappa shape index (κ1) is 18.4. The fraction of sp³-hybridized carbons (Fsp3) is 0.556. The lowest BCUT2D eigenvalue weighted by Gasteiger charge is -2.35. The first-order chi connectivity index (χ1) is 11.5. The van der Waals surface area contributed by atoms with Crippen molar-refractivity contribution in [2.45, 2.75) is 20.3 Å². The summed E-state index contributed by atoms with van der Waals surface area (Å²) in [6, 6.07) is 5.54. The summed E-state index contributed by atoms with van der Waals surface area (Å²) in [5, 5.41) is 0. The van der Waals surface area contributed by atoms with E-state index in [0.29, 0.717) is 57.3 Å². The monoisotopic (exact) mass is 336 g/mol. The van der Waals surface area contributed by atoms with Crippen molar-refractivity contribution in [2.75, 3.05) is 39.4 Å². The summed E-state index contributed by atoms with van der Waals surface area (Å²) in [7, 11) is 0. The van der Waals surface area contributed by atoms with Gasteiger partial charge in [0.05, 0.1) is 13.0 Å². The largest absolute Gasteiger partial charge is 0.381 e. The van der Waals surface area contributed by atoms with Crippen molar-refractivity contribution in [1.29, 1.82) is 0 Å². The van der Waals surface area contributed by atoms with Gasteiger partial charge in [0.1, 0.15) is 5.82 Å². The van der Waals surface area contributed by atoms with E-state index in [4.69, 9.17) is 4.74 Å². The van der Waals surface area contributed by atoms with E-state index in [-0.39, 0.29) is 17.6 Å². The number of carbonyl (C=O) groups excluding carboxylic acids is 2. The molecule has 0 spiro atoms. The van der Waals surface area contributed by atoms with Gasteiger partial charge in [-0.1, -0.05) is 13.8 Å². The van der Waals surface area contributed by atoms with E-state index < -0.39 is 0 Å². The van der Waals surface area contributed by atoms with E-state index in [1.807, 2.05) is 0 Å². The second kappa shape index (κ2) is 8.78. The van der Waals surface area contributed by atoms with Crippen LogP contribution in [0.15, 0.2) is 24.3 Å². The lowest BCUT2D eigenvalue weighted by molar-refractivity contribution is -0.133. The number of benzene rings is 1. The number of amides is 2. The number of carbonyl (C=O) groups is 2. The van der Waals surface area contributed by atoms with Crippen LogP contribution in [0.25, 0.3) is 0 Å². The maximum absolute atomic E-state index is 12.9. The fourth-order valence-corrected chi connectivity index (χ4v) is 2.57. The number of hydrogen-bond acceptors (Lipinski definition) is 3. The van der Waals surface area contributed by atoms with Crippen LogP contribution < -0.4 is 0 Å². The van der Waals surface area contributed by atoms with Gasteiger partial charge in [0.2, 0.25) is 5.91 Å². The van der Waals surface area contributed by atoms with Crippen LogP contribution in [0.2, 0.25) is 0 Å². The van der Waals surface area contributed by atoms with Crippen molar-refractivity contribution in [2.24, 2.45) is 5.92 Å². The molecule has 2 rings (SSSR count). The minimum atomic E-state index is -0.360. The average molecular weight is 336 g/mol. The normalized spacial score (nSPS) is 15.0. The molecule has 0 saturated carbocycles. The van der Waals surface area contributed by atoms with Gasteiger partial charge in [0.15, 0.2) is 0 Å². The lowest BCUT2D eigenvalue weighted by atomic mass is 10.1.